The van der Waals surface area contributed by atoms with Crippen LogP contribution in [0.4, 0.5) is 0 Å². The van der Waals surface area contributed by atoms with E-state index in [9.17, 15) is 19.5 Å². The summed E-state index contributed by atoms with van der Waals surface area (Å²) < 4.78 is 30.0. The van der Waals surface area contributed by atoms with Gasteiger partial charge >= 0.3 is 17.9 Å². The average molecular weight is 621 g/mol. The number of unbranched alkanes of at least 4 members (excludes halogenated alkanes) is 3. The van der Waals surface area contributed by atoms with E-state index in [1.54, 1.807) is 20.8 Å². The van der Waals surface area contributed by atoms with Crippen LogP contribution in [0.5, 0.6) is 0 Å². The van der Waals surface area contributed by atoms with Gasteiger partial charge < -0.3 is 33.5 Å². The average Bonchev–Trinajstić information content (AvgIpc) is 2.93. The summed E-state index contributed by atoms with van der Waals surface area (Å²) in [5.41, 5.74) is 1.25. The molecule has 0 saturated heterocycles. The molecule has 0 bridgehead atoms. The van der Waals surface area contributed by atoms with Crippen molar-refractivity contribution in [2.45, 2.75) is 101 Å². The number of ether oxygens (including phenoxy) is 6. The van der Waals surface area contributed by atoms with Crippen molar-refractivity contribution in [3.05, 3.63) is 36.5 Å². The van der Waals surface area contributed by atoms with Crippen molar-refractivity contribution in [3.8, 4) is 0 Å². The van der Waals surface area contributed by atoms with Crippen LogP contribution in [0.15, 0.2) is 36.5 Å². The lowest BCUT2D eigenvalue weighted by Crippen LogP contribution is -2.23. The Morgan fingerprint density at radius 2 is 0.837 bits per heavy atom. The van der Waals surface area contributed by atoms with E-state index in [-0.39, 0.29) is 53.2 Å². The molecule has 0 fully saturated rings. The molecule has 256 valence electrons. The monoisotopic (exact) mass is 620 g/mol. The normalized spacial score (nSPS) is 10.1. The summed E-state index contributed by atoms with van der Waals surface area (Å²) in [7, 11) is 0. The highest BCUT2D eigenvalue weighted by Crippen LogP contribution is 1.96. The van der Waals surface area contributed by atoms with Crippen molar-refractivity contribution in [2.24, 2.45) is 0 Å². The number of hydrogen-bond donors (Lipinski definition) is 1. The lowest BCUT2D eigenvalue weighted by molar-refractivity contribution is -0.141. The third-order valence-electron chi connectivity index (χ3n) is 4.60. The maximum atomic E-state index is 11.0. The highest BCUT2D eigenvalue weighted by molar-refractivity contribution is 5.87. The molecule has 0 amide bonds. The predicted octanol–water partition coefficient (Wildman–Crippen LogP) is 6.40. The molecule has 0 saturated carbocycles. The van der Waals surface area contributed by atoms with Gasteiger partial charge in [-0.25, -0.2) is 14.4 Å². The quantitative estimate of drug-likeness (QED) is 0.0629. The van der Waals surface area contributed by atoms with E-state index in [0.717, 1.165) is 45.1 Å². The number of esters is 3. The second-order valence-corrected chi connectivity index (χ2v) is 9.23. The lowest BCUT2D eigenvalue weighted by Gasteiger charge is -2.11. The van der Waals surface area contributed by atoms with Gasteiger partial charge in [-0.05, 0) is 40.0 Å². The first-order valence-corrected chi connectivity index (χ1v) is 14.3. The van der Waals surface area contributed by atoms with Crippen LogP contribution in [0, 0.1) is 0 Å². The second kappa shape index (κ2) is 37.5. The number of aliphatic hydroxyl groups is 1. The largest absolute Gasteiger partial charge is 0.462 e. The molecule has 0 heterocycles. The van der Waals surface area contributed by atoms with Crippen LogP contribution in [-0.2, 0) is 42.8 Å². The maximum absolute atomic E-state index is 11.0. The fourth-order valence-electron chi connectivity index (χ4n) is 2.15. The topological polar surface area (TPSA) is 127 Å². The van der Waals surface area contributed by atoms with Gasteiger partial charge in [-0.3, -0.25) is 0 Å². The molecular weight excluding hydrogens is 556 g/mol. The fourth-order valence-corrected chi connectivity index (χ4v) is 2.15. The smallest absolute Gasteiger partial charge is 0.333 e. The van der Waals surface area contributed by atoms with Gasteiger partial charge in [0.2, 0.25) is 0 Å². The van der Waals surface area contributed by atoms with Gasteiger partial charge in [0.15, 0.2) is 0 Å². The Bertz CT molecular complexity index is 718. The minimum Gasteiger partial charge on any atom is -0.462 e. The van der Waals surface area contributed by atoms with Gasteiger partial charge in [-0.15, -0.1) is 0 Å². The zero-order valence-electron chi connectivity index (χ0n) is 26.4. The Morgan fingerprint density at radius 1 is 0.535 bits per heavy atom. The predicted molar refractivity (Wildman–Crippen MR) is 174 cm³/mol. The summed E-state index contributed by atoms with van der Waals surface area (Å²) in [6.07, 6.45) is 5.56. The van der Waals surface area contributed by atoms with Gasteiger partial charge in [0.05, 0.1) is 33.0 Å². The molecule has 1 atom stereocenters. The van der Waals surface area contributed by atoms with Crippen LogP contribution in [-0.4, -0.2) is 88.6 Å². The van der Waals surface area contributed by atoms with E-state index in [2.05, 4.69) is 40.5 Å². The van der Waals surface area contributed by atoms with Crippen molar-refractivity contribution >= 4 is 17.9 Å². The van der Waals surface area contributed by atoms with Gasteiger partial charge in [-0.1, -0.05) is 74.6 Å². The summed E-state index contributed by atoms with van der Waals surface area (Å²) in [6, 6.07) is 0. The molecule has 0 radical (unpaired) electrons. The van der Waals surface area contributed by atoms with Crippen LogP contribution < -0.4 is 0 Å². The van der Waals surface area contributed by atoms with E-state index in [4.69, 9.17) is 28.4 Å². The molecule has 0 aliphatic rings. The number of rotatable bonds is 22. The number of aliphatic hydroxyl groups excluding tert-OH is 1. The molecular formula is C33H64O10. The molecule has 1 N–H and O–H groups in total. The zero-order chi connectivity index (χ0) is 31.9. The fraction of sp³-hybridized carbons (Fsp3) is 0.727. The Morgan fingerprint density at radius 3 is 1.21 bits per heavy atom. The van der Waals surface area contributed by atoms with Crippen molar-refractivity contribution in [3.63, 3.8) is 0 Å². The third kappa shape index (κ3) is 41.7. The van der Waals surface area contributed by atoms with E-state index in [1.807, 2.05) is 0 Å². The first kappa shape index (κ1) is 50.1. The lowest BCUT2D eigenvalue weighted by atomic mass is 10.3. The zero-order valence-corrected chi connectivity index (χ0v) is 26.4. The Balaban J connectivity index is -0.000000171. The first-order chi connectivity index (χ1) is 19.4. The Kier molecular flexibility index (Phi) is 43.7. The van der Waals surface area contributed by atoms with E-state index in [0.29, 0.717) is 43.1 Å². The minimum atomic E-state index is -0.640. The van der Waals surface area contributed by atoms with Crippen LogP contribution in [0.2, 0.25) is 0 Å². The van der Waals surface area contributed by atoms with E-state index < -0.39 is 12.1 Å². The molecule has 0 aliphatic carbocycles. The van der Waals surface area contributed by atoms with Crippen LogP contribution >= 0.6 is 0 Å². The molecule has 43 heavy (non-hydrogen) atoms. The maximum Gasteiger partial charge on any atom is 0.333 e. The van der Waals surface area contributed by atoms with Crippen LogP contribution in [0.25, 0.3) is 0 Å². The van der Waals surface area contributed by atoms with Gasteiger partial charge in [0.1, 0.15) is 19.3 Å². The molecule has 10 heteroatoms. The SMILES string of the molecule is C.C.C=C(C)C(=O)OCCCC.C=C(C)C(=O)OCCOCC(O)COCCCC.C=C(C)C(=O)OCCOCCCC. The Labute approximate surface area is 262 Å². The van der Waals surface area contributed by atoms with Gasteiger partial charge in [0.25, 0.3) is 0 Å². The van der Waals surface area contributed by atoms with Crippen LogP contribution in [0.3, 0.4) is 0 Å². The highest BCUT2D eigenvalue weighted by atomic mass is 16.6. The highest BCUT2D eigenvalue weighted by Gasteiger charge is 2.06. The number of carbonyl (C=O) groups excluding carboxylic acids is 3. The molecule has 10 nitrogen and oxygen atoms in total. The summed E-state index contributed by atoms with van der Waals surface area (Å²) >= 11 is 0. The van der Waals surface area contributed by atoms with Crippen LogP contribution in [0.1, 0.15) is 94.9 Å². The number of hydrogen-bond acceptors (Lipinski definition) is 10. The molecule has 0 aromatic rings. The molecule has 0 aromatic heterocycles. The van der Waals surface area contributed by atoms with Crippen molar-refractivity contribution in [1.82, 2.24) is 0 Å². The first-order valence-electron chi connectivity index (χ1n) is 14.3. The molecule has 0 spiro atoms. The molecule has 0 aromatic carbocycles. The summed E-state index contributed by atoms with van der Waals surface area (Å²) in [5.74, 6) is -1.06. The van der Waals surface area contributed by atoms with Crippen molar-refractivity contribution < 1.29 is 47.9 Å². The Hall–Kier alpha value is -2.53. The van der Waals surface area contributed by atoms with Crippen molar-refractivity contribution in [2.75, 3.05) is 59.5 Å². The minimum absolute atomic E-state index is 0. The standard InChI is InChI=1S/C13H24O5.C10H18O3.C8H14O2.2CH4/c1-4-5-6-16-9-12(14)10-17-7-8-18-13(15)11(2)3;1-4-5-6-12-7-8-13-10(11)9(2)3;1-4-5-6-10-8(9)7(2)3;;/h12,14H,2,4-10H2,1,3H3;2,4-8H2,1,3H3;2,4-6H2,1,3H3;2*1H4. The summed E-state index contributed by atoms with van der Waals surface area (Å²) in [6.45, 7) is 25.0. The molecule has 0 aliphatic heterocycles. The summed E-state index contributed by atoms with van der Waals surface area (Å²) in [4.78, 5) is 32.5. The van der Waals surface area contributed by atoms with Gasteiger partial charge in [-0.2, -0.15) is 0 Å². The van der Waals surface area contributed by atoms with Crippen molar-refractivity contribution in [1.29, 1.82) is 0 Å². The van der Waals surface area contributed by atoms with Gasteiger partial charge in [0, 0.05) is 29.9 Å². The second-order valence-electron chi connectivity index (χ2n) is 9.23. The van der Waals surface area contributed by atoms with E-state index in [1.165, 1.54) is 0 Å². The summed E-state index contributed by atoms with van der Waals surface area (Å²) in [5, 5.41) is 9.47. The number of carbonyl (C=O) groups is 3. The van der Waals surface area contributed by atoms with E-state index >= 15 is 0 Å². The third-order valence-corrected chi connectivity index (χ3v) is 4.60. The molecule has 0 rings (SSSR count). The molecule has 1 unspecified atom stereocenters.